The fourth-order valence-corrected chi connectivity index (χ4v) is 4.28. The molecule has 0 spiro atoms. The summed E-state index contributed by atoms with van der Waals surface area (Å²) in [6, 6.07) is 14.2. The first-order valence-corrected chi connectivity index (χ1v) is 14.9. The summed E-state index contributed by atoms with van der Waals surface area (Å²) in [5.41, 5.74) is 4.68. The fraction of sp³-hybridized carbons (Fsp3) is 0.382. The Kier molecular flexibility index (Phi) is 15.4. The Morgan fingerprint density at radius 2 is 1.71 bits per heavy atom. The number of hydrogen-bond donors (Lipinski definition) is 1. The summed E-state index contributed by atoms with van der Waals surface area (Å²) < 4.78 is 14.4. The fourth-order valence-electron chi connectivity index (χ4n) is 4.28. The predicted octanol–water partition coefficient (Wildman–Crippen LogP) is 8.75. The van der Waals surface area contributed by atoms with Crippen molar-refractivity contribution in [2.24, 2.45) is 0 Å². The summed E-state index contributed by atoms with van der Waals surface area (Å²) >= 11 is 0. The molecule has 0 atom stereocenters. The Morgan fingerprint density at radius 3 is 2.34 bits per heavy atom. The normalized spacial score (nSPS) is 11.0. The lowest BCUT2D eigenvalue weighted by Gasteiger charge is -2.14. The van der Waals surface area contributed by atoms with Gasteiger partial charge in [-0.2, -0.15) is 5.21 Å². The highest BCUT2D eigenvalue weighted by atomic mass is 16.5. The number of unbranched alkanes of at least 4 members (excludes halogenated alkanes) is 1. The van der Waals surface area contributed by atoms with Crippen molar-refractivity contribution in [1.29, 1.82) is 0 Å². The monoisotopic (exact) mass is 557 g/mol. The minimum absolute atomic E-state index is 0.573. The van der Waals surface area contributed by atoms with Crippen molar-refractivity contribution in [3.05, 3.63) is 90.7 Å². The van der Waals surface area contributed by atoms with Crippen molar-refractivity contribution in [2.75, 3.05) is 13.2 Å². The second kappa shape index (κ2) is 19.0. The molecule has 4 aromatic rings. The van der Waals surface area contributed by atoms with E-state index in [1.165, 1.54) is 22.0 Å². The van der Waals surface area contributed by atoms with Crippen LogP contribution in [0.15, 0.2) is 85.1 Å². The molecule has 7 heteroatoms. The average Bonchev–Trinajstić information content (AvgIpc) is 3.71. The van der Waals surface area contributed by atoms with Gasteiger partial charge in [-0.1, -0.05) is 71.9 Å². The predicted molar refractivity (Wildman–Crippen MR) is 172 cm³/mol. The zero-order valence-electron chi connectivity index (χ0n) is 25.7. The molecule has 4 rings (SSSR count). The molecule has 0 saturated heterocycles. The van der Waals surface area contributed by atoms with Crippen LogP contribution in [0.5, 0.6) is 11.5 Å². The molecule has 0 unspecified atom stereocenters. The maximum atomic E-state index is 6.25. The SMILES string of the molecule is C=C/C=C\C(=C/C)Cn1ccc2c(CCC)c(OCCCCOc3ccc(-c4nn[nH]n4)cc3)ccc21.CC.CC. The van der Waals surface area contributed by atoms with Gasteiger partial charge in [0.05, 0.1) is 13.2 Å². The second-order valence-corrected chi connectivity index (χ2v) is 8.79. The molecular formula is C34H47N5O2. The number of rotatable bonds is 14. The van der Waals surface area contributed by atoms with E-state index in [9.17, 15) is 0 Å². The molecule has 0 amide bonds. The number of tetrazole rings is 1. The van der Waals surface area contributed by atoms with Crippen LogP contribution < -0.4 is 9.47 Å². The molecule has 0 aliphatic carbocycles. The number of ether oxygens (including phenoxy) is 2. The minimum Gasteiger partial charge on any atom is -0.494 e. The van der Waals surface area contributed by atoms with Crippen LogP contribution in [0.2, 0.25) is 0 Å². The van der Waals surface area contributed by atoms with Gasteiger partial charge in [-0.3, -0.25) is 0 Å². The number of benzene rings is 2. The second-order valence-electron chi connectivity index (χ2n) is 8.79. The van der Waals surface area contributed by atoms with Crippen LogP contribution in [0.1, 0.15) is 66.4 Å². The van der Waals surface area contributed by atoms with Crippen molar-refractivity contribution < 1.29 is 9.47 Å². The Balaban J connectivity index is 0.00000141. The molecule has 0 aliphatic heterocycles. The average molecular weight is 558 g/mol. The number of aromatic nitrogens is 5. The van der Waals surface area contributed by atoms with E-state index in [4.69, 9.17) is 9.47 Å². The van der Waals surface area contributed by atoms with Gasteiger partial charge in [0.15, 0.2) is 0 Å². The molecule has 0 radical (unpaired) electrons. The van der Waals surface area contributed by atoms with Crippen LogP contribution in [0.25, 0.3) is 22.3 Å². The lowest BCUT2D eigenvalue weighted by atomic mass is 10.0. The third kappa shape index (κ3) is 9.78. The van der Waals surface area contributed by atoms with Crippen molar-refractivity contribution in [1.82, 2.24) is 25.2 Å². The van der Waals surface area contributed by atoms with Gasteiger partial charge in [0.2, 0.25) is 5.82 Å². The molecule has 0 saturated carbocycles. The van der Waals surface area contributed by atoms with E-state index in [1.807, 2.05) is 64.1 Å². The van der Waals surface area contributed by atoms with Gasteiger partial charge in [-0.15, -0.1) is 10.2 Å². The molecular weight excluding hydrogens is 510 g/mol. The molecule has 220 valence electrons. The topological polar surface area (TPSA) is 77.9 Å². The maximum absolute atomic E-state index is 6.25. The van der Waals surface area contributed by atoms with Crippen LogP contribution in [-0.4, -0.2) is 38.4 Å². The highest BCUT2D eigenvalue weighted by Crippen LogP contribution is 2.31. The molecule has 2 aromatic carbocycles. The smallest absolute Gasteiger partial charge is 0.204 e. The van der Waals surface area contributed by atoms with E-state index in [2.05, 4.69) is 82.2 Å². The van der Waals surface area contributed by atoms with Gasteiger partial charge >= 0.3 is 0 Å². The third-order valence-electron chi connectivity index (χ3n) is 6.21. The highest BCUT2D eigenvalue weighted by molar-refractivity contribution is 5.86. The van der Waals surface area contributed by atoms with E-state index in [0.717, 1.165) is 49.3 Å². The first-order valence-electron chi connectivity index (χ1n) is 14.9. The number of hydrogen-bond acceptors (Lipinski definition) is 5. The first kappa shape index (κ1) is 33.1. The van der Waals surface area contributed by atoms with Gasteiger partial charge in [0.1, 0.15) is 11.5 Å². The van der Waals surface area contributed by atoms with Crippen molar-refractivity contribution in [3.8, 4) is 22.9 Å². The van der Waals surface area contributed by atoms with E-state index in [0.29, 0.717) is 19.0 Å². The number of nitrogens with one attached hydrogen (secondary N) is 1. The van der Waals surface area contributed by atoms with E-state index in [-0.39, 0.29) is 0 Å². The molecule has 41 heavy (non-hydrogen) atoms. The summed E-state index contributed by atoms with van der Waals surface area (Å²) in [4.78, 5) is 0. The van der Waals surface area contributed by atoms with Crippen LogP contribution in [0.4, 0.5) is 0 Å². The molecule has 0 bridgehead atoms. The van der Waals surface area contributed by atoms with Gasteiger partial charge in [-0.05, 0) is 79.4 Å². The Morgan fingerprint density at radius 1 is 0.976 bits per heavy atom. The summed E-state index contributed by atoms with van der Waals surface area (Å²) in [6.45, 7) is 18.2. The van der Waals surface area contributed by atoms with E-state index >= 15 is 0 Å². The summed E-state index contributed by atoms with van der Waals surface area (Å²) in [5, 5.41) is 15.3. The van der Waals surface area contributed by atoms with Crippen LogP contribution in [-0.2, 0) is 13.0 Å². The van der Waals surface area contributed by atoms with Gasteiger partial charge in [0.25, 0.3) is 0 Å². The molecule has 2 aromatic heterocycles. The number of aryl methyl sites for hydroxylation is 1. The van der Waals surface area contributed by atoms with Crippen molar-refractivity contribution in [2.45, 2.75) is 73.8 Å². The van der Waals surface area contributed by atoms with Gasteiger partial charge < -0.3 is 14.0 Å². The van der Waals surface area contributed by atoms with Crippen molar-refractivity contribution in [3.63, 3.8) is 0 Å². The molecule has 7 nitrogen and oxygen atoms in total. The van der Waals surface area contributed by atoms with E-state index in [1.54, 1.807) is 0 Å². The Bertz CT molecular complexity index is 1340. The number of nitrogens with zero attached hydrogens (tertiary/aromatic N) is 4. The standard InChI is InChI=1S/C30H35N5O2.2C2H6/c1-4-7-11-23(6-3)22-35-19-18-26-27(10-5-2)29(17-16-28(26)35)37-21-9-8-20-36-25-14-12-24(13-15-25)30-31-33-34-32-30;2*1-2/h4,6-7,11-19H,1,5,8-10,20-22H2,2-3H3,(H,31,32,33,34);2*1-2H3/b11-7-,23-6+;;. The number of fused-ring (bicyclic) bond motifs is 1. The zero-order chi connectivity index (χ0) is 29.9. The zero-order valence-corrected chi connectivity index (χ0v) is 25.7. The summed E-state index contributed by atoms with van der Waals surface area (Å²) in [7, 11) is 0. The molecule has 0 aliphatic rings. The Labute approximate surface area is 246 Å². The van der Waals surface area contributed by atoms with Crippen LogP contribution in [0.3, 0.4) is 0 Å². The molecule has 0 fully saturated rings. The van der Waals surface area contributed by atoms with E-state index < -0.39 is 0 Å². The number of aromatic amines is 1. The number of allylic oxidation sites excluding steroid dienone is 5. The quantitative estimate of drug-likeness (QED) is 0.124. The first-order chi connectivity index (χ1) is 20.2. The molecule has 1 N–H and O–H groups in total. The maximum Gasteiger partial charge on any atom is 0.204 e. The largest absolute Gasteiger partial charge is 0.494 e. The number of H-pyrrole nitrogens is 1. The van der Waals surface area contributed by atoms with Crippen molar-refractivity contribution >= 4 is 10.9 Å². The Hall–Kier alpha value is -4.13. The third-order valence-corrected chi connectivity index (χ3v) is 6.21. The highest BCUT2D eigenvalue weighted by Gasteiger charge is 2.12. The van der Waals surface area contributed by atoms with Gasteiger partial charge in [-0.25, -0.2) is 0 Å². The molecule has 2 heterocycles. The summed E-state index contributed by atoms with van der Waals surface area (Å²) in [6.07, 6.45) is 14.1. The van der Waals surface area contributed by atoms with Crippen LogP contribution in [0, 0.1) is 0 Å². The lowest BCUT2D eigenvalue weighted by Crippen LogP contribution is -2.04. The minimum atomic E-state index is 0.573. The lowest BCUT2D eigenvalue weighted by molar-refractivity contribution is 0.265. The van der Waals surface area contributed by atoms with Gasteiger partial charge in [0, 0.05) is 34.8 Å². The summed E-state index contributed by atoms with van der Waals surface area (Å²) in [5.74, 6) is 2.39. The van der Waals surface area contributed by atoms with Crippen LogP contribution >= 0.6 is 0 Å².